The van der Waals surface area contributed by atoms with Crippen LogP contribution in [0.25, 0.3) is 0 Å². The number of unbranched alkanes of at least 4 members (excludes halogenated alkanes) is 11. The van der Waals surface area contributed by atoms with Crippen molar-refractivity contribution in [1.82, 2.24) is 4.98 Å². The van der Waals surface area contributed by atoms with Gasteiger partial charge in [-0.15, -0.1) is 0 Å². The number of allylic oxidation sites excluding steroid dienone is 1. The van der Waals surface area contributed by atoms with Gasteiger partial charge in [0.2, 0.25) is 0 Å². The van der Waals surface area contributed by atoms with Crippen molar-refractivity contribution in [3.05, 3.63) is 42.2 Å². The predicted octanol–water partition coefficient (Wildman–Crippen LogP) is 5.54. The van der Waals surface area contributed by atoms with E-state index < -0.39 is 12.1 Å². The molecular formula is C24H42N2O2. The smallest absolute Gasteiger partial charge is 0.0894 e. The minimum atomic E-state index is -0.651. The van der Waals surface area contributed by atoms with Crippen LogP contribution in [0.2, 0.25) is 0 Å². The molecule has 2 atom stereocenters. The lowest BCUT2D eigenvalue weighted by molar-refractivity contribution is 0.0712. The number of aliphatic hydroxyl groups excluding tert-OH is 1. The maximum absolute atomic E-state index is 10.1. The molecular weight excluding hydrogens is 348 g/mol. The number of aromatic nitrogens is 1. The van der Waals surface area contributed by atoms with Gasteiger partial charge in [0, 0.05) is 12.4 Å². The number of aliphatic hydroxyl groups is 1. The van der Waals surface area contributed by atoms with E-state index in [9.17, 15) is 5.11 Å². The van der Waals surface area contributed by atoms with Gasteiger partial charge in [-0.1, -0.05) is 89.4 Å². The first kappa shape index (κ1) is 24.8. The van der Waals surface area contributed by atoms with Gasteiger partial charge in [-0.25, -0.2) is 0 Å². The lowest BCUT2D eigenvalue weighted by Crippen LogP contribution is -2.37. The van der Waals surface area contributed by atoms with Gasteiger partial charge in [0.15, 0.2) is 0 Å². The van der Waals surface area contributed by atoms with Gasteiger partial charge in [0.1, 0.15) is 0 Å². The van der Waals surface area contributed by atoms with Crippen LogP contribution in [0.5, 0.6) is 0 Å². The highest BCUT2D eigenvalue weighted by Crippen LogP contribution is 2.12. The van der Waals surface area contributed by atoms with E-state index in [1.807, 2.05) is 18.2 Å². The molecule has 28 heavy (non-hydrogen) atoms. The molecule has 0 bridgehead atoms. The third kappa shape index (κ3) is 13.9. The Morgan fingerprint density at radius 3 is 2.29 bits per heavy atom. The highest BCUT2D eigenvalue weighted by Gasteiger charge is 2.11. The number of hydrogen-bond donors (Lipinski definition) is 2. The molecule has 2 unspecified atom stereocenters. The Morgan fingerprint density at radius 1 is 1.04 bits per heavy atom. The Labute approximate surface area is 172 Å². The number of nitrogens with two attached hydrogens (primary N) is 1. The number of hydrogen-bond acceptors (Lipinski definition) is 4. The largest absolute Gasteiger partial charge is 0.387 e. The number of pyridine rings is 1. The van der Waals surface area contributed by atoms with Crippen molar-refractivity contribution < 1.29 is 9.84 Å². The fourth-order valence-electron chi connectivity index (χ4n) is 3.20. The fraction of sp³-hybridized carbons (Fsp3) is 0.708. The molecule has 0 amide bonds. The maximum atomic E-state index is 10.1. The second kappa shape index (κ2) is 17.8. The van der Waals surface area contributed by atoms with Crippen molar-refractivity contribution in [2.75, 3.05) is 6.61 Å². The second-order valence-corrected chi connectivity index (χ2v) is 7.78. The van der Waals surface area contributed by atoms with Gasteiger partial charge >= 0.3 is 0 Å². The highest BCUT2D eigenvalue weighted by molar-refractivity contribution is 5.06. The first-order chi connectivity index (χ1) is 13.7. The summed E-state index contributed by atoms with van der Waals surface area (Å²) in [4.78, 5) is 4.04. The lowest BCUT2D eigenvalue weighted by atomic mass is 10.0. The molecule has 0 spiro atoms. The summed E-state index contributed by atoms with van der Waals surface area (Å²) >= 11 is 0. The zero-order valence-electron chi connectivity index (χ0n) is 17.9. The summed E-state index contributed by atoms with van der Waals surface area (Å²) < 4.78 is 5.56. The van der Waals surface area contributed by atoms with Crippen molar-refractivity contribution >= 4 is 0 Å². The monoisotopic (exact) mass is 390 g/mol. The quantitative estimate of drug-likeness (QED) is 0.255. The molecule has 1 heterocycles. The van der Waals surface area contributed by atoms with Crippen LogP contribution in [0.4, 0.5) is 0 Å². The summed E-state index contributed by atoms with van der Waals surface area (Å²) in [6, 6.07) is 3.44. The molecule has 0 aliphatic carbocycles. The summed E-state index contributed by atoms with van der Waals surface area (Å²) in [7, 11) is 0. The molecule has 0 aromatic carbocycles. The van der Waals surface area contributed by atoms with Crippen molar-refractivity contribution in [3.8, 4) is 0 Å². The zero-order valence-corrected chi connectivity index (χ0v) is 17.9. The van der Waals surface area contributed by atoms with E-state index in [0.29, 0.717) is 13.2 Å². The SMILES string of the molecule is CCCCCCCCCCCCCC=CC(O)C(N)COCc1cccnc1. The first-order valence-electron chi connectivity index (χ1n) is 11.3. The van der Waals surface area contributed by atoms with Crippen LogP contribution < -0.4 is 5.73 Å². The minimum absolute atomic E-state index is 0.332. The molecule has 1 rings (SSSR count). The number of nitrogens with zero attached hydrogens (tertiary/aromatic N) is 1. The van der Waals surface area contributed by atoms with Gasteiger partial charge in [0.05, 0.1) is 25.4 Å². The molecule has 160 valence electrons. The van der Waals surface area contributed by atoms with E-state index in [2.05, 4.69) is 18.0 Å². The molecule has 0 radical (unpaired) electrons. The molecule has 0 saturated heterocycles. The minimum Gasteiger partial charge on any atom is -0.387 e. The molecule has 0 fully saturated rings. The van der Waals surface area contributed by atoms with Gasteiger partial charge in [-0.3, -0.25) is 4.98 Å². The van der Waals surface area contributed by atoms with Crippen LogP contribution in [0.15, 0.2) is 36.7 Å². The van der Waals surface area contributed by atoms with Crippen LogP contribution in [-0.4, -0.2) is 28.8 Å². The number of ether oxygens (including phenoxy) is 1. The van der Waals surface area contributed by atoms with Crippen molar-refractivity contribution in [2.24, 2.45) is 5.73 Å². The second-order valence-electron chi connectivity index (χ2n) is 7.78. The highest BCUT2D eigenvalue weighted by atomic mass is 16.5. The molecule has 4 nitrogen and oxygen atoms in total. The third-order valence-corrected chi connectivity index (χ3v) is 5.05. The molecule has 1 aromatic rings. The van der Waals surface area contributed by atoms with Crippen LogP contribution >= 0.6 is 0 Å². The van der Waals surface area contributed by atoms with E-state index in [1.165, 1.54) is 70.6 Å². The average molecular weight is 391 g/mol. The Bertz CT molecular complexity index is 479. The van der Waals surface area contributed by atoms with E-state index >= 15 is 0 Å². The summed E-state index contributed by atoms with van der Waals surface area (Å²) in [6.45, 7) is 3.07. The maximum Gasteiger partial charge on any atom is 0.0894 e. The van der Waals surface area contributed by atoms with E-state index in [1.54, 1.807) is 12.4 Å². The average Bonchev–Trinajstić information content (AvgIpc) is 2.72. The molecule has 0 aliphatic heterocycles. The normalized spacial score (nSPS) is 13.8. The number of rotatable bonds is 18. The van der Waals surface area contributed by atoms with E-state index in [4.69, 9.17) is 10.5 Å². The lowest BCUT2D eigenvalue weighted by Gasteiger charge is -2.15. The summed E-state index contributed by atoms with van der Waals surface area (Å²) in [5.41, 5.74) is 7.00. The molecule has 4 heteroatoms. The summed E-state index contributed by atoms with van der Waals surface area (Å²) in [5.74, 6) is 0. The van der Waals surface area contributed by atoms with Gasteiger partial charge < -0.3 is 15.6 Å². The molecule has 0 saturated carbocycles. The zero-order chi connectivity index (χ0) is 20.3. The topological polar surface area (TPSA) is 68.4 Å². The van der Waals surface area contributed by atoms with Crippen molar-refractivity contribution in [1.29, 1.82) is 0 Å². The van der Waals surface area contributed by atoms with Gasteiger partial charge in [0.25, 0.3) is 0 Å². The third-order valence-electron chi connectivity index (χ3n) is 5.05. The standard InChI is InChI=1S/C24H42N2O2/c1-2-3-4-5-6-7-8-9-10-11-12-13-14-17-24(27)23(25)21-28-20-22-16-15-18-26-19-22/h14-19,23-24,27H,2-13,20-21,25H2,1H3. The summed E-state index contributed by atoms with van der Waals surface area (Å²) in [6.07, 6.45) is 22.6. The first-order valence-corrected chi connectivity index (χ1v) is 11.3. The fourth-order valence-corrected chi connectivity index (χ4v) is 3.20. The molecule has 1 aromatic heterocycles. The summed E-state index contributed by atoms with van der Waals surface area (Å²) in [5, 5.41) is 10.1. The Balaban J connectivity index is 1.92. The van der Waals surface area contributed by atoms with Crippen molar-refractivity contribution in [3.63, 3.8) is 0 Å². The van der Waals surface area contributed by atoms with E-state index in [-0.39, 0.29) is 0 Å². The van der Waals surface area contributed by atoms with Crippen LogP contribution in [0.3, 0.4) is 0 Å². The van der Waals surface area contributed by atoms with Crippen LogP contribution in [0.1, 0.15) is 89.5 Å². The molecule has 0 aliphatic rings. The Hall–Kier alpha value is -1.23. The van der Waals surface area contributed by atoms with E-state index in [0.717, 1.165) is 12.0 Å². The Morgan fingerprint density at radius 2 is 1.68 bits per heavy atom. The van der Waals surface area contributed by atoms with Crippen LogP contribution in [-0.2, 0) is 11.3 Å². The van der Waals surface area contributed by atoms with Crippen molar-refractivity contribution in [2.45, 2.75) is 103 Å². The van der Waals surface area contributed by atoms with Gasteiger partial charge in [-0.05, 0) is 24.5 Å². The Kier molecular flexibility index (Phi) is 15.8. The molecule has 3 N–H and O–H groups in total. The predicted molar refractivity (Wildman–Crippen MR) is 118 cm³/mol. The van der Waals surface area contributed by atoms with Crippen LogP contribution in [0, 0.1) is 0 Å². The van der Waals surface area contributed by atoms with Gasteiger partial charge in [-0.2, -0.15) is 0 Å².